The maximum Gasteiger partial charge on any atom is 0.322 e. The molecule has 0 aliphatic rings. The lowest BCUT2D eigenvalue weighted by molar-refractivity contribution is -0.150. The molecule has 0 fully saturated rings. The molecule has 0 aliphatic heterocycles. The molecule has 0 aromatic heterocycles. The number of ether oxygens (including phenoxy) is 1. The summed E-state index contributed by atoms with van der Waals surface area (Å²) in [5, 5.41) is 11.1. The number of hydrogen-bond acceptors (Lipinski definition) is 4. The minimum atomic E-state index is -1.01. The van der Waals surface area contributed by atoms with Gasteiger partial charge in [0.1, 0.15) is 12.6 Å². The highest BCUT2D eigenvalue weighted by Crippen LogP contribution is 2.20. The molecule has 0 saturated carbocycles. The monoisotopic (exact) mass is 750 g/mol. The van der Waals surface area contributed by atoms with Gasteiger partial charge < -0.3 is 15.2 Å². The lowest BCUT2D eigenvalue weighted by Gasteiger charge is -2.18. The lowest BCUT2D eigenvalue weighted by Crippen LogP contribution is -2.28. The number of unbranched alkanes of at least 4 members (excludes halogenated alkanes) is 33. The molecular weight excluding hydrogens is 659 g/mol. The second kappa shape index (κ2) is 43.1. The first-order valence-corrected chi connectivity index (χ1v) is 23.7. The van der Waals surface area contributed by atoms with E-state index in [9.17, 15) is 14.4 Å². The van der Waals surface area contributed by atoms with Gasteiger partial charge in [0.2, 0.25) is 5.91 Å². The number of esters is 1. The normalized spacial score (nSPS) is 11.9. The fourth-order valence-corrected chi connectivity index (χ4v) is 7.52. The average Bonchev–Trinajstić information content (AvgIpc) is 3.14. The first-order chi connectivity index (χ1) is 26.0. The number of carbonyl (C=O) groups excluding carboxylic acids is 2. The number of carboxylic acid groups (broad SMARTS) is 1. The number of hydrogen-bond donors (Lipinski definition) is 2. The SMILES string of the molecule is CCCCCCCCCCCCCCCCCCCCCCCC(=O)OC(CCCCCCCCCCCC)CCCCCCCC(=O)NCC(=O)O. The largest absolute Gasteiger partial charge is 0.480 e. The Balaban J connectivity index is 3.95. The molecule has 0 aromatic carbocycles. The lowest BCUT2D eigenvalue weighted by atomic mass is 10.0. The summed E-state index contributed by atoms with van der Waals surface area (Å²) in [6.45, 7) is 4.25. The predicted octanol–water partition coefficient (Wildman–Crippen LogP) is 14.7. The summed E-state index contributed by atoms with van der Waals surface area (Å²) in [7, 11) is 0. The summed E-state index contributed by atoms with van der Waals surface area (Å²) in [6, 6.07) is 0. The van der Waals surface area contributed by atoms with Crippen molar-refractivity contribution in [1.82, 2.24) is 5.32 Å². The first kappa shape index (κ1) is 51.4. The molecule has 0 spiro atoms. The van der Waals surface area contributed by atoms with Crippen molar-refractivity contribution in [1.29, 1.82) is 0 Å². The van der Waals surface area contributed by atoms with Crippen molar-refractivity contribution in [3.05, 3.63) is 0 Å². The van der Waals surface area contributed by atoms with Crippen molar-refractivity contribution in [3.63, 3.8) is 0 Å². The van der Waals surface area contributed by atoms with Crippen molar-refractivity contribution in [2.45, 2.75) is 277 Å². The number of aliphatic carboxylic acids is 1. The molecule has 0 rings (SSSR count). The Morgan fingerprint density at radius 3 is 1.02 bits per heavy atom. The zero-order chi connectivity index (χ0) is 38.7. The Labute approximate surface area is 329 Å². The van der Waals surface area contributed by atoms with Gasteiger partial charge in [-0.1, -0.05) is 219 Å². The number of rotatable bonds is 44. The minimum Gasteiger partial charge on any atom is -0.480 e. The molecular formula is C47H91NO5. The van der Waals surface area contributed by atoms with E-state index in [2.05, 4.69) is 19.2 Å². The summed E-state index contributed by atoms with van der Waals surface area (Å²) < 4.78 is 6.04. The molecule has 0 radical (unpaired) electrons. The third-order valence-electron chi connectivity index (χ3n) is 11.0. The fourth-order valence-electron chi connectivity index (χ4n) is 7.52. The number of carbonyl (C=O) groups is 3. The first-order valence-electron chi connectivity index (χ1n) is 23.7. The Bertz CT molecular complexity index is 787. The van der Waals surface area contributed by atoms with E-state index in [0.29, 0.717) is 12.8 Å². The van der Waals surface area contributed by atoms with Gasteiger partial charge in [-0.05, 0) is 38.5 Å². The maximum atomic E-state index is 12.8. The maximum absolute atomic E-state index is 12.8. The van der Waals surface area contributed by atoms with Gasteiger partial charge >= 0.3 is 11.9 Å². The molecule has 0 aliphatic carbocycles. The second-order valence-corrected chi connectivity index (χ2v) is 16.4. The van der Waals surface area contributed by atoms with Gasteiger partial charge in [-0.2, -0.15) is 0 Å². The molecule has 314 valence electrons. The van der Waals surface area contributed by atoms with Crippen LogP contribution in [0.5, 0.6) is 0 Å². The van der Waals surface area contributed by atoms with Crippen LogP contribution in [0.25, 0.3) is 0 Å². The zero-order valence-electron chi connectivity index (χ0n) is 35.6. The van der Waals surface area contributed by atoms with Crippen LogP contribution in [0.15, 0.2) is 0 Å². The third kappa shape index (κ3) is 43.0. The van der Waals surface area contributed by atoms with E-state index in [1.165, 1.54) is 180 Å². The summed E-state index contributed by atoms with van der Waals surface area (Å²) in [6.07, 6.45) is 49.6. The molecule has 0 saturated heterocycles. The van der Waals surface area contributed by atoms with E-state index in [1.54, 1.807) is 0 Å². The van der Waals surface area contributed by atoms with Gasteiger partial charge in [0.05, 0.1) is 0 Å². The zero-order valence-corrected chi connectivity index (χ0v) is 35.6. The predicted molar refractivity (Wildman–Crippen MR) is 227 cm³/mol. The van der Waals surface area contributed by atoms with E-state index < -0.39 is 5.97 Å². The van der Waals surface area contributed by atoms with Crippen LogP contribution >= 0.6 is 0 Å². The van der Waals surface area contributed by atoms with Crippen LogP contribution < -0.4 is 5.32 Å². The van der Waals surface area contributed by atoms with Gasteiger partial charge in [0.15, 0.2) is 0 Å². The Kier molecular flexibility index (Phi) is 41.8. The van der Waals surface area contributed by atoms with Crippen molar-refractivity contribution in [3.8, 4) is 0 Å². The van der Waals surface area contributed by atoms with Crippen LogP contribution in [0.4, 0.5) is 0 Å². The van der Waals surface area contributed by atoms with Crippen molar-refractivity contribution < 1.29 is 24.2 Å². The standard InChI is InChI=1S/C47H91NO5/c1-3-5-7-9-11-13-15-16-17-18-19-20-21-22-23-24-25-27-29-34-38-42-47(52)53-44(39-35-31-28-26-14-12-10-8-6-4-2)40-36-32-30-33-37-41-45(49)48-43-46(50)51/h44H,3-43H2,1-2H3,(H,48,49)(H,50,51). The van der Waals surface area contributed by atoms with Crippen molar-refractivity contribution in [2.24, 2.45) is 0 Å². The van der Waals surface area contributed by atoms with Gasteiger partial charge in [-0.3, -0.25) is 14.4 Å². The third-order valence-corrected chi connectivity index (χ3v) is 11.0. The van der Waals surface area contributed by atoms with E-state index >= 15 is 0 Å². The molecule has 1 unspecified atom stereocenters. The van der Waals surface area contributed by atoms with Crippen LogP contribution in [0, 0.1) is 0 Å². The summed E-state index contributed by atoms with van der Waals surface area (Å²) >= 11 is 0. The molecule has 6 nitrogen and oxygen atoms in total. The van der Waals surface area contributed by atoms with E-state index in [1.807, 2.05) is 0 Å². The Hall–Kier alpha value is -1.59. The fraction of sp³-hybridized carbons (Fsp3) is 0.936. The quantitative estimate of drug-likeness (QED) is 0.0478. The molecule has 1 atom stereocenters. The van der Waals surface area contributed by atoms with Crippen LogP contribution in [0.1, 0.15) is 271 Å². The van der Waals surface area contributed by atoms with Crippen LogP contribution in [0.3, 0.4) is 0 Å². The van der Waals surface area contributed by atoms with Crippen LogP contribution in [0.2, 0.25) is 0 Å². The smallest absolute Gasteiger partial charge is 0.322 e. The number of carboxylic acids is 1. The molecule has 6 heteroatoms. The van der Waals surface area contributed by atoms with E-state index in [4.69, 9.17) is 9.84 Å². The highest BCUT2D eigenvalue weighted by molar-refractivity contribution is 5.80. The number of amides is 1. The molecule has 2 N–H and O–H groups in total. The number of nitrogens with one attached hydrogen (secondary N) is 1. The van der Waals surface area contributed by atoms with Crippen LogP contribution in [-0.4, -0.2) is 35.6 Å². The minimum absolute atomic E-state index is 0.00717. The van der Waals surface area contributed by atoms with Gasteiger partial charge in [0.25, 0.3) is 0 Å². The van der Waals surface area contributed by atoms with E-state index in [-0.39, 0.29) is 24.5 Å². The highest BCUT2D eigenvalue weighted by Gasteiger charge is 2.14. The Morgan fingerprint density at radius 1 is 0.415 bits per heavy atom. The average molecular weight is 750 g/mol. The van der Waals surface area contributed by atoms with E-state index in [0.717, 1.165) is 64.2 Å². The van der Waals surface area contributed by atoms with Gasteiger partial charge in [-0.25, -0.2) is 0 Å². The molecule has 0 heterocycles. The summed E-state index contributed by atoms with van der Waals surface area (Å²) in [4.78, 5) is 35.1. The topological polar surface area (TPSA) is 92.7 Å². The van der Waals surface area contributed by atoms with Crippen molar-refractivity contribution in [2.75, 3.05) is 6.54 Å². The molecule has 0 bridgehead atoms. The van der Waals surface area contributed by atoms with Gasteiger partial charge in [-0.15, -0.1) is 0 Å². The van der Waals surface area contributed by atoms with Crippen molar-refractivity contribution >= 4 is 17.8 Å². The van der Waals surface area contributed by atoms with Crippen LogP contribution in [-0.2, 0) is 19.1 Å². The second-order valence-electron chi connectivity index (χ2n) is 16.4. The molecule has 0 aromatic rings. The Morgan fingerprint density at radius 2 is 0.698 bits per heavy atom. The summed E-state index contributed by atoms with van der Waals surface area (Å²) in [5.41, 5.74) is 0. The molecule has 1 amide bonds. The molecule has 53 heavy (non-hydrogen) atoms. The van der Waals surface area contributed by atoms with Gasteiger partial charge in [0, 0.05) is 12.8 Å². The highest BCUT2D eigenvalue weighted by atomic mass is 16.5. The summed E-state index contributed by atoms with van der Waals surface area (Å²) in [5.74, 6) is -1.21.